The highest BCUT2D eigenvalue weighted by Gasteiger charge is 2.43. The molecule has 1 aliphatic rings. The SMILES string of the molecule is Cc1nn(C2CCCC(C(F)(F)F)C2)c(N)c1Br. The molecule has 1 aromatic rings. The van der Waals surface area contributed by atoms with E-state index in [1.165, 1.54) is 4.68 Å². The third-order valence-corrected chi connectivity index (χ3v) is 4.48. The summed E-state index contributed by atoms with van der Waals surface area (Å²) >= 11 is 3.29. The molecule has 1 saturated carbocycles. The molecule has 0 spiro atoms. The number of hydrogen-bond acceptors (Lipinski definition) is 2. The fourth-order valence-electron chi connectivity index (χ4n) is 2.51. The van der Waals surface area contributed by atoms with Gasteiger partial charge in [0.2, 0.25) is 0 Å². The second-order valence-electron chi connectivity index (χ2n) is 4.79. The monoisotopic (exact) mass is 325 g/mol. The fourth-order valence-corrected chi connectivity index (χ4v) is 2.77. The number of aryl methyl sites for hydroxylation is 1. The molecule has 2 rings (SSSR count). The van der Waals surface area contributed by atoms with Crippen molar-refractivity contribution < 1.29 is 13.2 Å². The van der Waals surface area contributed by atoms with Gasteiger partial charge in [-0.2, -0.15) is 18.3 Å². The number of nitrogen functional groups attached to an aromatic ring is 1. The van der Waals surface area contributed by atoms with E-state index in [-0.39, 0.29) is 18.9 Å². The number of halogens is 4. The molecular formula is C11H15BrF3N3. The highest BCUT2D eigenvalue weighted by Crippen LogP contribution is 2.42. The van der Waals surface area contributed by atoms with E-state index in [2.05, 4.69) is 21.0 Å². The van der Waals surface area contributed by atoms with Gasteiger partial charge in [0.05, 0.1) is 22.1 Å². The van der Waals surface area contributed by atoms with Crippen LogP contribution >= 0.6 is 15.9 Å². The van der Waals surface area contributed by atoms with Gasteiger partial charge >= 0.3 is 6.18 Å². The van der Waals surface area contributed by atoms with Crippen LogP contribution in [0.3, 0.4) is 0 Å². The van der Waals surface area contributed by atoms with E-state index < -0.39 is 12.1 Å². The summed E-state index contributed by atoms with van der Waals surface area (Å²) in [4.78, 5) is 0. The van der Waals surface area contributed by atoms with Gasteiger partial charge in [-0.1, -0.05) is 6.42 Å². The van der Waals surface area contributed by atoms with E-state index in [1.807, 2.05) is 0 Å². The van der Waals surface area contributed by atoms with Gasteiger partial charge in [-0.05, 0) is 42.1 Å². The third kappa shape index (κ3) is 2.50. The number of alkyl halides is 3. The highest BCUT2D eigenvalue weighted by atomic mass is 79.9. The number of nitrogens with zero attached hydrogens (tertiary/aromatic N) is 2. The Kier molecular flexibility index (Phi) is 3.62. The Morgan fingerprint density at radius 2 is 2.06 bits per heavy atom. The minimum Gasteiger partial charge on any atom is -0.383 e. The summed E-state index contributed by atoms with van der Waals surface area (Å²) in [5.41, 5.74) is 6.57. The lowest BCUT2D eigenvalue weighted by Crippen LogP contribution is -2.30. The van der Waals surface area contributed by atoms with Crippen LogP contribution in [0.1, 0.15) is 37.4 Å². The van der Waals surface area contributed by atoms with Gasteiger partial charge in [0.25, 0.3) is 0 Å². The molecule has 1 fully saturated rings. The Bertz CT molecular complexity index is 441. The number of anilines is 1. The van der Waals surface area contributed by atoms with Crippen LogP contribution in [0.2, 0.25) is 0 Å². The normalized spacial score (nSPS) is 25.4. The van der Waals surface area contributed by atoms with Crippen LogP contribution in [0, 0.1) is 12.8 Å². The molecule has 2 N–H and O–H groups in total. The first kappa shape index (κ1) is 13.7. The summed E-state index contributed by atoms with van der Waals surface area (Å²) in [5.74, 6) is -0.820. The van der Waals surface area contributed by atoms with Crippen molar-refractivity contribution in [3.8, 4) is 0 Å². The van der Waals surface area contributed by atoms with Crippen LogP contribution in [-0.2, 0) is 0 Å². The molecule has 0 radical (unpaired) electrons. The van der Waals surface area contributed by atoms with E-state index in [9.17, 15) is 13.2 Å². The molecule has 1 aliphatic carbocycles. The molecule has 0 saturated heterocycles. The van der Waals surface area contributed by atoms with Crippen LogP contribution < -0.4 is 5.73 Å². The number of hydrogen-bond donors (Lipinski definition) is 1. The summed E-state index contributed by atoms with van der Waals surface area (Å²) < 4.78 is 40.5. The first-order valence-corrected chi connectivity index (χ1v) is 6.66. The fraction of sp³-hybridized carbons (Fsp3) is 0.727. The first-order chi connectivity index (χ1) is 8.30. The van der Waals surface area contributed by atoms with Crippen molar-refractivity contribution in [1.82, 2.24) is 9.78 Å². The lowest BCUT2D eigenvalue weighted by atomic mass is 9.85. The van der Waals surface area contributed by atoms with Crippen LogP contribution in [0.15, 0.2) is 4.47 Å². The minimum atomic E-state index is -4.12. The topological polar surface area (TPSA) is 43.8 Å². The molecule has 0 aromatic carbocycles. The summed E-state index contributed by atoms with van der Waals surface area (Å²) in [7, 11) is 0. The number of aromatic nitrogens is 2. The summed E-state index contributed by atoms with van der Waals surface area (Å²) in [6, 6.07) is -0.254. The summed E-state index contributed by atoms with van der Waals surface area (Å²) in [5, 5.41) is 4.23. The smallest absolute Gasteiger partial charge is 0.383 e. The zero-order valence-electron chi connectivity index (χ0n) is 9.97. The maximum atomic E-state index is 12.7. The lowest BCUT2D eigenvalue weighted by Gasteiger charge is -2.31. The minimum absolute atomic E-state index is 0.0707. The maximum Gasteiger partial charge on any atom is 0.391 e. The van der Waals surface area contributed by atoms with E-state index in [0.29, 0.717) is 28.8 Å². The van der Waals surface area contributed by atoms with Crippen molar-refractivity contribution in [2.45, 2.75) is 44.8 Å². The predicted octanol–water partition coefficient (Wildman–Crippen LogP) is 3.83. The maximum absolute atomic E-state index is 12.7. The molecule has 7 heteroatoms. The molecular weight excluding hydrogens is 311 g/mol. The van der Waals surface area contributed by atoms with Crippen LogP contribution in [0.4, 0.5) is 19.0 Å². The molecule has 0 amide bonds. The summed E-state index contributed by atoms with van der Waals surface area (Å²) in [6.07, 6.45) is -2.58. The van der Waals surface area contributed by atoms with Gasteiger partial charge < -0.3 is 5.73 Å². The Hall–Kier alpha value is -0.720. The molecule has 2 unspecified atom stereocenters. The van der Waals surface area contributed by atoms with Crippen molar-refractivity contribution in [3.63, 3.8) is 0 Å². The second-order valence-corrected chi connectivity index (χ2v) is 5.58. The van der Waals surface area contributed by atoms with E-state index in [1.54, 1.807) is 6.92 Å². The molecule has 3 nitrogen and oxygen atoms in total. The number of rotatable bonds is 1. The quantitative estimate of drug-likeness (QED) is 0.852. The molecule has 1 aromatic heterocycles. The van der Waals surface area contributed by atoms with Gasteiger partial charge in [0.15, 0.2) is 0 Å². The Labute approximate surface area is 112 Å². The van der Waals surface area contributed by atoms with Gasteiger partial charge in [0.1, 0.15) is 5.82 Å². The molecule has 2 atom stereocenters. The summed E-state index contributed by atoms with van der Waals surface area (Å²) in [6.45, 7) is 1.78. The van der Waals surface area contributed by atoms with Crippen molar-refractivity contribution in [1.29, 1.82) is 0 Å². The van der Waals surface area contributed by atoms with Gasteiger partial charge in [-0.3, -0.25) is 0 Å². The van der Waals surface area contributed by atoms with Gasteiger partial charge in [-0.15, -0.1) is 0 Å². The van der Waals surface area contributed by atoms with E-state index in [0.717, 1.165) is 0 Å². The number of nitrogens with two attached hydrogens (primary N) is 1. The second kappa shape index (κ2) is 4.75. The molecule has 1 heterocycles. The van der Waals surface area contributed by atoms with Crippen LogP contribution in [0.25, 0.3) is 0 Å². The van der Waals surface area contributed by atoms with E-state index >= 15 is 0 Å². The Morgan fingerprint density at radius 1 is 1.39 bits per heavy atom. The van der Waals surface area contributed by atoms with Crippen molar-refractivity contribution >= 4 is 21.7 Å². The van der Waals surface area contributed by atoms with Gasteiger partial charge in [-0.25, -0.2) is 4.68 Å². The van der Waals surface area contributed by atoms with Crippen molar-refractivity contribution in [3.05, 3.63) is 10.2 Å². The molecule has 102 valence electrons. The highest BCUT2D eigenvalue weighted by molar-refractivity contribution is 9.10. The standard InChI is InChI=1S/C11H15BrF3N3/c1-6-9(12)10(16)18(17-6)8-4-2-3-7(5-8)11(13,14)15/h7-8H,2-5,16H2,1H3. The Morgan fingerprint density at radius 3 is 2.56 bits per heavy atom. The van der Waals surface area contributed by atoms with Gasteiger partial charge in [0, 0.05) is 0 Å². The molecule has 0 aliphatic heterocycles. The average molecular weight is 326 g/mol. The predicted molar refractivity (Wildman–Crippen MR) is 66.1 cm³/mol. The lowest BCUT2D eigenvalue weighted by molar-refractivity contribution is -0.185. The zero-order chi connectivity index (χ0) is 13.5. The van der Waals surface area contributed by atoms with Crippen LogP contribution in [0.5, 0.6) is 0 Å². The largest absolute Gasteiger partial charge is 0.391 e. The molecule has 0 bridgehead atoms. The van der Waals surface area contributed by atoms with Crippen molar-refractivity contribution in [2.24, 2.45) is 5.92 Å². The van der Waals surface area contributed by atoms with Crippen LogP contribution in [-0.4, -0.2) is 16.0 Å². The Balaban J connectivity index is 2.21. The zero-order valence-corrected chi connectivity index (χ0v) is 11.6. The average Bonchev–Trinajstić information content (AvgIpc) is 2.56. The van der Waals surface area contributed by atoms with E-state index in [4.69, 9.17) is 5.73 Å². The first-order valence-electron chi connectivity index (χ1n) is 5.87. The van der Waals surface area contributed by atoms with Crippen molar-refractivity contribution in [2.75, 3.05) is 5.73 Å². The third-order valence-electron chi connectivity index (χ3n) is 3.50. The molecule has 18 heavy (non-hydrogen) atoms.